The van der Waals surface area contributed by atoms with Gasteiger partial charge in [0, 0.05) is 16.9 Å². The number of hydrogen-bond donors (Lipinski definition) is 0. The van der Waals surface area contributed by atoms with Crippen LogP contribution in [0.5, 0.6) is 0 Å². The largest absolute Gasteiger partial charge is 0.416 e. The van der Waals surface area contributed by atoms with Gasteiger partial charge in [0.25, 0.3) is 0 Å². The molecule has 24 heavy (non-hydrogen) atoms. The van der Waals surface area contributed by atoms with Gasteiger partial charge in [0.1, 0.15) is 11.6 Å². The Balaban J connectivity index is 2.64. The van der Waals surface area contributed by atoms with Crippen LogP contribution in [0.2, 0.25) is 0 Å². The molecule has 1 aromatic rings. The van der Waals surface area contributed by atoms with Crippen LogP contribution in [0, 0.1) is 17.2 Å². The Morgan fingerprint density at radius 1 is 1.33 bits per heavy atom. The van der Waals surface area contributed by atoms with Crippen LogP contribution in [0.4, 0.5) is 13.2 Å². The molecule has 2 rings (SSSR count). The highest BCUT2D eigenvalue weighted by Gasteiger charge is 2.35. The summed E-state index contributed by atoms with van der Waals surface area (Å²) in [7, 11) is -4.13. The molecule has 9 heteroatoms. The minimum absolute atomic E-state index is 0.0156. The van der Waals surface area contributed by atoms with Gasteiger partial charge >= 0.3 is 6.18 Å². The molecule has 0 bridgehead atoms. The first-order chi connectivity index (χ1) is 11.0. The Morgan fingerprint density at radius 3 is 2.33 bits per heavy atom. The van der Waals surface area contributed by atoms with Crippen LogP contribution >= 0.6 is 11.6 Å². The summed E-state index contributed by atoms with van der Waals surface area (Å²) in [6, 6.07) is 3.38. The topological polar surface area (TPSA) is 75.0 Å². The van der Waals surface area contributed by atoms with E-state index in [1.54, 1.807) is 6.07 Å². The maximum atomic E-state index is 12.8. The highest BCUT2D eigenvalue weighted by Crippen LogP contribution is 2.41. The zero-order valence-corrected chi connectivity index (χ0v) is 13.9. The number of ketones is 1. The van der Waals surface area contributed by atoms with Crippen molar-refractivity contribution in [3.05, 3.63) is 39.9 Å². The van der Waals surface area contributed by atoms with E-state index >= 15 is 0 Å². The third-order valence-corrected chi connectivity index (χ3v) is 5.10. The molecular weight excluding hydrogens is 367 g/mol. The summed E-state index contributed by atoms with van der Waals surface area (Å²) in [5.74, 6) is -1.13. The molecule has 0 amide bonds. The molecule has 4 nitrogen and oxygen atoms in total. The average Bonchev–Trinajstić information content (AvgIpc) is 3.29. The standard InChI is InChI=1S/C15H11ClF3NO3S/c1-24(22,23)12-6-9(15(17,18)19)4-5-10(12)14(21)11(7-20)13(16)8-2-3-8/h4-6,8H,2-3H2,1H3/b13-11+. The molecule has 1 aliphatic carbocycles. The summed E-state index contributed by atoms with van der Waals surface area (Å²) in [5, 5.41) is 9.16. The minimum atomic E-state index is -4.76. The molecular formula is C15H11ClF3NO3S. The quantitative estimate of drug-likeness (QED) is 0.455. The van der Waals surface area contributed by atoms with Crippen LogP contribution in [0.15, 0.2) is 33.7 Å². The van der Waals surface area contributed by atoms with Crippen LogP contribution in [0.3, 0.4) is 0 Å². The molecule has 1 saturated carbocycles. The molecule has 1 fully saturated rings. The Hall–Kier alpha value is -1.85. The molecule has 0 radical (unpaired) electrons. The first-order valence-corrected chi connectivity index (χ1v) is 8.99. The summed E-state index contributed by atoms with van der Waals surface area (Å²) >= 11 is 5.97. The van der Waals surface area contributed by atoms with Crippen LogP contribution in [0.25, 0.3) is 0 Å². The fourth-order valence-corrected chi connectivity index (χ4v) is 3.33. The van der Waals surface area contributed by atoms with Gasteiger partial charge in [0.15, 0.2) is 9.84 Å². The zero-order valence-electron chi connectivity index (χ0n) is 12.3. The molecule has 0 heterocycles. The number of halogens is 4. The second-order valence-corrected chi connectivity index (χ2v) is 7.81. The maximum absolute atomic E-state index is 12.8. The molecule has 0 spiro atoms. The number of nitrogens with zero attached hydrogens (tertiary/aromatic N) is 1. The molecule has 0 saturated heterocycles. The van der Waals surface area contributed by atoms with Crippen molar-refractivity contribution in [2.45, 2.75) is 23.9 Å². The third-order valence-electron chi connectivity index (χ3n) is 3.47. The number of benzene rings is 1. The van der Waals surface area contributed by atoms with Crippen molar-refractivity contribution in [2.75, 3.05) is 6.26 Å². The summed E-state index contributed by atoms with van der Waals surface area (Å²) in [6.45, 7) is 0. The lowest BCUT2D eigenvalue weighted by Gasteiger charge is -2.12. The number of allylic oxidation sites excluding steroid dienone is 2. The lowest BCUT2D eigenvalue weighted by molar-refractivity contribution is -0.137. The summed E-state index contributed by atoms with van der Waals surface area (Å²) in [5.41, 5.74) is -2.14. The lowest BCUT2D eigenvalue weighted by atomic mass is 10.0. The van der Waals surface area contributed by atoms with E-state index in [1.165, 1.54) is 0 Å². The zero-order chi connectivity index (χ0) is 18.3. The van der Waals surface area contributed by atoms with Crippen LogP contribution in [-0.4, -0.2) is 20.5 Å². The number of sulfone groups is 1. The smallest absolute Gasteiger partial charge is 0.288 e. The Kier molecular flexibility index (Phi) is 4.79. The second-order valence-electron chi connectivity index (χ2n) is 5.42. The maximum Gasteiger partial charge on any atom is 0.416 e. The van der Waals surface area contributed by atoms with Crippen LogP contribution < -0.4 is 0 Å². The normalized spacial score (nSPS) is 16.3. The van der Waals surface area contributed by atoms with Crippen molar-refractivity contribution in [3.63, 3.8) is 0 Å². The van der Waals surface area contributed by atoms with E-state index in [-0.39, 0.29) is 11.0 Å². The van der Waals surface area contributed by atoms with Crippen LogP contribution in [0.1, 0.15) is 28.8 Å². The molecule has 0 unspecified atom stereocenters. The molecule has 0 aliphatic heterocycles. The van der Waals surface area contributed by atoms with E-state index in [2.05, 4.69) is 0 Å². The SMILES string of the molecule is CS(=O)(=O)c1cc(C(F)(F)F)ccc1C(=O)/C(C#N)=C(/Cl)C1CC1. The summed E-state index contributed by atoms with van der Waals surface area (Å²) < 4.78 is 62.0. The number of nitriles is 1. The third kappa shape index (κ3) is 3.79. The highest BCUT2D eigenvalue weighted by atomic mass is 35.5. The predicted molar refractivity (Wildman–Crippen MR) is 80.1 cm³/mol. The molecule has 128 valence electrons. The first kappa shape index (κ1) is 18.5. The monoisotopic (exact) mass is 377 g/mol. The number of carbonyl (C=O) groups is 1. The van der Waals surface area contributed by atoms with Crippen molar-refractivity contribution in [2.24, 2.45) is 5.92 Å². The van der Waals surface area contributed by atoms with Crippen molar-refractivity contribution in [3.8, 4) is 6.07 Å². The average molecular weight is 378 g/mol. The molecule has 0 N–H and O–H groups in total. The van der Waals surface area contributed by atoms with Crippen molar-refractivity contribution in [1.29, 1.82) is 5.26 Å². The number of hydrogen-bond acceptors (Lipinski definition) is 4. The van der Waals surface area contributed by atoms with Crippen LogP contribution in [-0.2, 0) is 16.0 Å². The van der Waals surface area contributed by atoms with Crippen molar-refractivity contribution in [1.82, 2.24) is 0 Å². The predicted octanol–water partition coefficient (Wildman–Crippen LogP) is 3.72. The number of Topliss-reactive ketones (excluding diaryl/α,β-unsaturated/α-hetero) is 1. The fourth-order valence-electron chi connectivity index (χ4n) is 2.08. The van der Waals surface area contributed by atoms with Gasteiger partial charge in [0.05, 0.1) is 10.5 Å². The summed E-state index contributed by atoms with van der Waals surface area (Å²) in [6.07, 6.45) is -2.68. The summed E-state index contributed by atoms with van der Waals surface area (Å²) in [4.78, 5) is 11.7. The van der Waals surface area contributed by atoms with Gasteiger partial charge in [-0.15, -0.1) is 0 Å². The van der Waals surface area contributed by atoms with E-state index < -0.39 is 43.4 Å². The van der Waals surface area contributed by atoms with E-state index in [0.717, 1.165) is 6.07 Å². The van der Waals surface area contributed by atoms with Gasteiger partial charge in [0.2, 0.25) is 5.78 Å². The molecule has 0 atom stereocenters. The van der Waals surface area contributed by atoms with E-state index in [9.17, 15) is 26.4 Å². The molecule has 0 aromatic heterocycles. The van der Waals surface area contributed by atoms with Gasteiger partial charge in [-0.05, 0) is 37.0 Å². The fraction of sp³-hybridized carbons (Fsp3) is 0.333. The van der Waals surface area contributed by atoms with Crippen molar-refractivity contribution < 1.29 is 26.4 Å². The van der Waals surface area contributed by atoms with E-state index in [0.29, 0.717) is 31.2 Å². The molecule has 1 aromatic carbocycles. The van der Waals surface area contributed by atoms with Gasteiger partial charge in [-0.25, -0.2) is 8.42 Å². The number of alkyl halides is 3. The van der Waals surface area contributed by atoms with Crippen molar-refractivity contribution >= 4 is 27.2 Å². The highest BCUT2D eigenvalue weighted by molar-refractivity contribution is 7.90. The Bertz CT molecular complexity index is 878. The van der Waals surface area contributed by atoms with Gasteiger partial charge in [-0.3, -0.25) is 4.79 Å². The van der Waals surface area contributed by atoms with Gasteiger partial charge < -0.3 is 0 Å². The number of carbonyl (C=O) groups excluding carboxylic acids is 1. The number of rotatable bonds is 4. The second kappa shape index (κ2) is 6.22. The lowest BCUT2D eigenvalue weighted by Crippen LogP contribution is -2.14. The van der Waals surface area contributed by atoms with Gasteiger partial charge in [-0.2, -0.15) is 18.4 Å². The van der Waals surface area contributed by atoms with Gasteiger partial charge in [-0.1, -0.05) is 11.6 Å². The van der Waals surface area contributed by atoms with E-state index in [4.69, 9.17) is 16.9 Å². The Labute approximate surface area is 141 Å². The molecule has 1 aliphatic rings. The minimum Gasteiger partial charge on any atom is -0.288 e. The Morgan fingerprint density at radius 2 is 1.92 bits per heavy atom. The van der Waals surface area contributed by atoms with E-state index in [1.807, 2.05) is 0 Å². The first-order valence-electron chi connectivity index (χ1n) is 6.72.